The van der Waals surface area contributed by atoms with Crippen LogP contribution in [0.5, 0.6) is 0 Å². The maximum absolute atomic E-state index is 9.44. The van der Waals surface area contributed by atoms with Gasteiger partial charge in [0.25, 0.3) is 0 Å². The zero-order valence-electron chi connectivity index (χ0n) is 16.9. The molecule has 0 saturated carbocycles. The number of rotatable bonds is 0. The minimum atomic E-state index is 0.167. The second-order valence-corrected chi connectivity index (χ2v) is 0.908. The Balaban J connectivity index is -0.0000000109. The molecule has 0 aromatic rings. The molecule has 0 amide bonds. The molecule has 0 aliphatic rings. The fourth-order valence-electron chi connectivity index (χ4n) is 0. The van der Waals surface area contributed by atoms with Crippen LogP contribution in [-0.4, -0.2) is 5.78 Å². The van der Waals surface area contributed by atoms with Crippen molar-refractivity contribution in [1.29, 1.82) is 0 Å². The lowest BCUT2D eigenvalue weighted by Gasteiger charge is -1.56. The molecule has 1 nitrogen and oxygen atoms in total. The van der Waals surface area contributed by atoms with Gasteiger partial charge in [-0.2, -0.15) is 0 Å². The van der Waals surface area contributed by atoms with E-state index in [-0.39, 0.29) is 5.78 Å². The summed E-state index contributed by atoms with van der Waals surface area (Å²) in [4.78, 5) is 9.44. The van der Waals surface area contributed by atoms with E-state index in [1.807, 2.05) is 96.9 Å². The molecule has 0 heterocycles. The van der Waals surface area contributed by atoms with Crippen molar-refractivity contribution < 1.29 is 4.79 Å². The van der Waals surface area contributed by atoms with Crippen molar-refractivity contribution in [3.63, 3.8) is 0 Å². The van der Waals surface area contributed by atoms with Gasteiger partial charge in [0.15, 0.2) is 0 Å². The fraction of sp³-hybridized carbons (Fsp3) is 0.941. The average Bonchev–Trinajstić information content (AvgIpc) is 2.52. The first-order valence-electron chi connectivity index (χ1n) is 8.20. The van der Waals surface area contributed by atoms with E-state index < -0.39 is 0 Å². The molecule has 0 aliphatic heterocycles. The number of hydrogen-bond donors (Lipinski definition) is 0. The Morgan fingerprint density at radius 1 is 0.389 bits per heavy atom. The number of hydrogen-bond acceptors (Lipinski definition) is 1. The summed E-state index contributed by atoms with van der Waals surface area (Å²) in [5.41, 5.74) is 0. The number of carbonyl (C=O) groups excluding carboxylic acids is 1. The van der Waals surface area contributed by atoms with Crippen LogP contribution in [0.3, 0.4) is 0 Å². The Labute approximate surface area is 122 Å². The third-order valence-electron chi connectivity index (χ3n) is 0. The Morgan fingerprint density at radius 3 is 0.389 bits per heavy atom. The maximum Gasteiger partial charge on any atom is 0.126 e. The standard InChI is InChI=1S/C3H6O.7C2H6/c1-3(2)4;7*1-2/h1-2H3;7*1-2H3. The molecule has 0 rings (SSSR count). The van der Waals surface area contributed by atoms with Crippen molar-refractivity contribution in [3.8, 4) is 0 Å². The lowest BCUT2D eigenvalue weighted by Crippen LogP contribution is -1.69. The van der Waals surface area contributed by atoms with Crippen molar-refractivity contribution in [2.45, 2.75) is 111 Å². The first-order valence-corrected chi connectivity index (χ1v) is 8.20. The molecule has 0 radical (unpaired) electrons. The molecule has 0 spiro atoms. The lowest BCUT2D eigenvalue weighted by molar-refractivity contribution is -0.114. The van der Waals surface area contributed by atoms with Crippen molar-refractivity contribution >= 4 is 5.78 Å². The SMILES string of the molecule is CC.CC.CC.CC.CC.CC.CC.CC(C)=O. The maximum atomic E-state index is 9.44. The van der Waals surface area contributed by atoms with Gasteiger partial charge in [0.1, 0.15) is 5.78 Å². The summed E-state index contributed by atoms with van der Waals surface area (Å²) in [6.45, 7) is 31.1. The highest BCUT2D eigenvalue weighted by atomic mass is 16.1. The van der Waals surface area contributed by atoms with Crippen LogP contribution in [-0.2, 0) is 4.79 Å². The monoisotopic (exact) mass is 268 g/mol. The van der Waals surface area contributed by atoms with Gasteiger partial charge in [-0.3, -0.25) is 0 Å². The van der Waals surface area contributed by atoms with Gasteiger partial charge in [-0.25, -0.2) is 0 Å². The summed E-state index contributed by atoms with van der Waals surface area (Å²) in [5, 5.41) is 0. The summed E-state index contributed by atoms with van der Waals surface area (Å²) >= 11 is 0. The third-order valence-corrected chi connectivity index (χ3v) is 0. The summed E-state index contributed by atoms with van der Waals surface area (Å²) < 4.78 is 0. The molecule has 0 saturated heterocycles. The molecule has 18 heavy (non-hydrogen) atoms. The van der Waals surface area contributed by atoms with E-state index in [9.17, 15) is 4.79 Å². The minimum Gasteiger partial charge on any atom is -0.300 e. The minimum absolute atomic E-state index is 0.167. The number of Topliss-reactive ketones (excluding diaryl/α,β-unsaturated/α-hetero) is 1. The van der Waals surface area contributed by atoms with Crippen LogP contribution in [0.4, 0.5) is 0 Å². The molecular formula is C17H48O. The van der Waals surface area contributed by atoms with E-state index in [0.717, 1.165) is 0 Å². The molecule has 0 atom stereocenters. The van der Waals surface area contributed by atoms with E-state index in [1.165, 1.54) is 13.8 Å². The van der Waals surface area contributed by atoms with E-state index in [0.29, 0.717) is 0 Å². The predicted molar refractivity (Wildman–Crippen MR) is 95.8 cm³/mol. The number of ketones is 1. The predicted octanol–water partition coefficient (Wildman–Crippen LogP) is 7.78. The Morgan fingerprint density at radius 2 is 0.389 bits per heavy atom. The highest BCUT2D eigenvalue weighted by molar-refractivity contribution is 5.72. The quantitative estimate of drug-likeness (QED) is 0.438. The summed E-state index contributed by atoms with van der Waals surface area (Å²) in [5.74, 6) is 0.167. The Kier molecular flexibility index (Phi) is 1680. The van der Waals surface area contributed by atoms with Crippen LogP contribution in [0.25, 0.3) is 0 Å². The summed E-state index contributed by atoms with van der Waals surface area (Å²) in [7, 11) is 0. The average molecular weight is 269 g/mol. The zero-order valence-corrected chi connectivity index (χ0v) is 16.9. The molecular weight excluding hydrogens is 220 g/mol. The first-order chi connectivity index (χ1) is 8.73. The van der Waals surface area contributed by atoms with Crippen molar-refractivity contribution in [3.05, 3.63) is 0 Å². The third kappa shape index (κ3) is 31000. The molecule has 0 N–H and O–H groups in total. The van der Waals surface area contributed by atoms with Gasteiger partial charge in [-0.05, 0) is 13.8 Å². The van der Waals surface area contributed by atoms with Crippen molar-refractivity contribution in [2.24, 2.45) is 0 Å². The van der Waals surface area contributed by atoms with E-state index in [4.69, 9.17) is 0 Å². The summed E-state index contributed by atoms with van der Waals surface area (Å²) in [6.07, 6.45) is 0. The van der Waals surface area contributed by atoms with Crippen LogP contribution in [0.1, 0.15) is 111 Å². The topological polar surface area (TPSA) is 17.1 Å². The highest BCUT2D eigenvalue weighted by Crippen LogP contribution is 1.50. The van der Waals surface area contributed by atoms with Gasteiger partial charge in [0, 0.05) is 0 Å². The van der Waals surface area contributed by atoms with Gasteiger partial charge >= 0.3 is 0 Å². The zero-order chi connectivity index (χ0) is 17.6. The van der Waals surface area contributed by atoms with Crippen LogP contribution in [0, 0.1) is 0 Å². The van der Waals surface area contributed by atoms with Gasteiger partial charge < -0.3 is 4.79 Å². The smallest absolute Gasteiger partial charge is 0.126 e. The van der Waals surface area contributed by atoms with Crippen molar-refractivity contribution in [1.82, 2.24) is 0 Å². The van der Waals surface area contributed by atoms with Gasteiger partial charge in [0.05, 0.1) is 0 Å². The molecule has 122 valence electrons. The van der Waals surface area contributed by atoms with Crippen molar-refractivity contribution in [2.75, 3.05) is 0 Å². The van der Waals surface area contributed by atoms with Gasteiger partial charge in [0.2, 0.25) is 0 Å². The molecule has 0 aromatic heterocycles. The largest absolute Gasteiger partial charge is 0.300 e. The molecule has 1 heteroatoms. The second kappa shape index (κ2) is 574. The van der Waals surface area contributed by atoms with Crippen LogP contribution < -0.4 is 0 Å². The molecule has 0 unspecified atom stereocenters. The molecule has 0 aliphatic carbocycles. The van der Waals surface area contributed by atoms with Gasteiger partial charge in [-0.15, -0.1) is 0 Å². The summed E-state index contributed by atoms with van der Waals surface area (Å²) in [6, 6.07) is 0. The molecule has 0 fully saturated rings. The van der Waals surface area contributed by atoms with Crippen LogP contribution in [0.15, 0.2) is 0 Å². The fourth-order valence-corrected chi connectivity index (χ4v) is 0. The normalized spacial score (nSPS) is 3.78. The van der Waals surface area contributed by atoms with Crippen LogP contribution in [0.2, 0.25) is 0 Å². The van der Waals surface area contributed by atoms with E-state index in [2.05, 4.69) is 0 Å². The highest BCUT2D eigenvalue weighted by Gasteiger charge is 1.62. The lowest BCUT2D eigenvalue weighted by atomic mass is 10.6. The Hall–Kier alpha value is -0.330. The van der Waals surface area contributed by atoms with Gasteiger partial charge in [-0.1, -0.05) is 96.9 Å². The number of carbonyl (C=O) groups is 1. The van der Waals surface area contributed by atoms with E-state index in [1.54, 1.807) is 0 Å². The molecule has 0 aromatic carbocycles. The van der Waals surface area contributed by atoms with Crippen LogP contribution >= 0.6 is 0 Å². The van der Waals surface area contributed by atoms with E-state index >= 15 is 0 Å². The first kappa shape index (κ1) is 52.5. The molecule has 0 bridgehead atoms. The second-order valence-electron chi connectivity index (χ2n) is 0.908. The Bertz CT molecular complexity index is 28.6.